The lowest BCUT2D eigenvalue weighted by Crippen LogP contribution is -2.31. The van der Waals surface area contributed by atoms with E-state index in [2.05, 4.69) is 26.2 Å². The zero-order valence-corrected chi connectivity index (χ0v) is 23.2. The van der Waals surface area contributed by atoms with Crippen molar-refractivity contribution in [1.82, 2.24) is 4.98 Å². The number of anilines is 1. The molecule has 0 radical (unpaired) electrons. The van der Waals surface area contributed by atoms with E-state index in [0.29, 0.717) is 26.9 Å². The van der Waals surface area contributed by atoms with E-state index in [1.54, 1.807) is 48.5 Å². The highest BCUT2D eigenvalue weighted by Gasteiger charge is 2.33. The number of amides is 1. The number of carbonyl (C=O) groups excluding carboxylic acids is 2. The van der Waals surface area contributed by atoms with Gasteiger partial charge >= 0.3 is 5.97 Å². The number of benzene rings is 2. The van der Waals surface area contributed by atoms with Crippen LogP contribution in [0.1, 0.15) is 37.2 Å². The van der Waals surface area contributed by atoms with Crippen LogP contribution in [0.3, 0.4) is 0 Å². The largest absolute Gasteiger partial charge is 0.481 e. The first-order valence-corrected chi connectivity index (χ1v) is 12.9. The van der Waals surface area contributed by atoms with Gasteiger partial charge in [-0.2, -0.15) is 0 Å². The smallest absolute Gasteiger partial charge is 0.303 e. The zero-order valence-electron chi connectivity index (χ0n) is 20.1. The fourth-order valence-electron chi connectivity index (χ4n) is 3.74. The summed E-state index contributed by atoms with van der Waals surface area (Å²) in [7, 11) is 0. The quantitative estimate of drug-likeness (QED) is 0.181. The van der Waals surface area contributed by atoms with Crippen molar-refractivity contribution >= 4 is 73.6 Å². The molecule has 8 nitrogen and oxygen atoms in total. The number of aromatic nitrogens is 1. The SMILES string of the molecule is CC(C)(O)C(=O)c1oc2nc(-c3ccc(Br)cc3Cl)c(-c3ccc(Cl)cc3)cc2c1NC(=O)CCC(=O)O. The van der Waals surface area contributed by atoms with Crippen LogP contribution in [-0.4, -0.2) is 38.5 Å². The molecule has 38 heavy (non-hydrogen) atoms. The number of nitrogens with one attached hydrogen (secondary N) is 1. The van der Waals surface area contributed by atoms with Crippen LogP contribution < -0.4 is 5.32 Å². The van der Waals surface area contributed by atoms with E-state index >= 15 is 0 Å². The summed E-state index contributed by atoms with van der Waals surface area (Å²) in [6.07, 6.45) is -0.737. The van der Waals surface area contributed by atoms with Gasteiger partial charge in [0.15, 0.2) is 5.76 Å². The molecule has 0 bridgehead atoms. The highest BCUT2D eigenvalue weighted by molar-refractivity contribution is 9.10. The number of carboxylic acids is 1. The summed E-state index contributed by atoms with van der Waals surface area (Å²) in [5.74, 6) is -2.90. The van der Waals surface area contributed by atoms with Gasteiger partial charge in [-0.3, -0.25) is 14.4 Å². The lowest BCUT2D eigenvalue weighted by molar-refractivity contribution is -0.138. The molecular weight excluding hydrogens is 599 g/mol. The number of nitrogens with zero attached hydrogens (tertiary/aromatic N) is 1. The van der Waals surface area contributed by atoms with Crippen molar-refractivity contribution in [2.45, 2.75) is 32.3 Å². The Morgan fingerprint density at radius 1 is 1.03 bits per heavy atom. The van der Waals surface area contributed by atoms with Crippen LogP contribution in [0.15, 0.2) is 57.4 Å². The summed E-state index contributed by atoms with van der Waals surface area (Å²) in [5.41, 5.74) is 0.514. The van der Waals surface area contributed by atoms with Gasteiger partial charge in [0, 0.05) is 27.0 Å². The molecular formula is C27H21BrCl2N2O6. The van der Waals surface area contributed by atoms with Crippen molar-refractivity contribution < 1.29 is 29.0 Å². The number of halogens is 3. The number of hydrogen-bond donors (Lipinski definition) is 3. The van der Waals surface area contributed by atoms with Crippen molar-refractivity contribution in [3.63, 3.8) is 0 Å². The maximum atomic E-state index is 13.1. The minimum atomic E-state index is -1.83. The van der Waals surface area contributed by atoms with Gasteiger partial charge in [0.2, 0.25) is 17.4 Å². The van der Waals surface area contributed by atoms with Gasteiger partial charge in [-0.05, 0) is 49.7 Å². The van der Waals surface area contributed by atoms with Gasteiger partial charge in [0.05, 0.1) is 22.5 Å². The Kier molecular flexibility index (Phi) is 7.94. The first kappa shape index (κ1) is 27.8. The number of fused-ring (bicyclic) bond motifs is 1. The average molecular weight is 620 g/mol. The minimum Gasteiger partial charge on any atom is -0.481 e. The van der Waals surface area contributed by atoms with E-state index in [1.807, 2.05) is 0 Å². The van der Waals surface area contributed by atoms with Crippen molar-refractivity contribution in [2.24, 2.45) is 0 Å². The van der Waals surface area contributed by atoms with Crippen LogP contribution in [0.25, 0.3) is 33.5 Å². The van der Waals surface area contributed by atoms with Crippen LogP contribution in [0.5, 0.6) is 0 Å². The number of rotatable bonds is 8. The minimum absolute atomic E-state index is 0.0119. The third-order valence-electron chi connectivity index (χ3n) is 5.62. The van der Waals surface area contributed by atoms with Crippen LogP contribution in [0.4, 0.5) is 5.69 Å². The number of carboxylic acid groups (broad SMARTS) is 1. The third kappa shape index (κ3) is 5.91. The van der Waals surface area contributed by atoms with Gasteiger partial charge in [0.25, 0.3) is 0 Å². The van der Waals surface area contributed by atoms with Gasteiger partial charge < -0.3 is 19.9 Å². The summed E-state index contributed by atoms with van der Waals surface area (Å²) < 4.78 is 6.59. The maximum Gasteiger partial charge on any atom is 0.303 e. The fourth-order valence-corrected chi connectivity index (χ4v) is 4.63. The maximum absolute atomic E-state index is 13.1. The van der Waals surface area contributed by atoms with E-state index in [-0.39, 0.29) is 29.0 Å². The van der Waals surface area contributed by atoms with Crippen molar-refractivity contribution in [2.75, 3.05) is 5.32 Å². The lowest BCUT2D eigenvalue weighted by Gasteiger charge is -2.14. The number of furan rings is 1. The molecule has 3 N–H and O–H groups in total. The number of Topliss-reactive ketones (excluding diaryl/α,β-unsaturated/α-hetero) is 1. The summed E-state index contributed by atoms with van der Waals surface area (Å²) in [4.78, 5) is 41.3. The third-order valence-corrected chi connectivity index (χ3v) is 6.67. The molecule has 1 amide bonds. The Morgan fingerprint density at radius 2 is 1.71 bits per heavy atom. The molecule has 0 unspecified atom stereocenters. The second-order valence-electron chi connectivity index (χ2n) is 9.00. The summed E-state index contributed by atoms with van der Waals surface area (Å²) in [5, 5.41) is 23.1. The van der Waals surface area contributed by atoms with Crippen LogP contribution in [0.2, 0.25) is 10.0 Å². The summed E-state index contributed by atoms with van der Waals surface area (Å²) in [6.45, 7) is 2.58. The zero-order chi connectivity index (χ0) is 27.8. The van der Waals surface area contributed by atoms with Gasteiger partial charge in [0.1, 0.15) is 11.3 Å². The number of carbonyl (C=O) groups is 3. The van der Waals surface area contributed by atoms with E-state index in [0.717, 1.165) is 10.0 Å². The lowest BCUT2D eigenvalue weighted by atomic mass is 9.97. The molecule has 0 saturated carbocycles. The molecule has 2 heterocycles. The Hall–Kier alpha value is -3.24. The van der Waals surface area contributed by atoms with E-state index in [4.69, 9.17) is 32.7 Å². The Balaban J connectivity index is 2.00. The second-order valence-corrected chi connectivity index (χ2v) is 10.8. The van der Waals surface area contributed by atoms with Crippen molar-refractivity contribution in [1.29, 1.82) is 0 Å². The molecule has 0 atom stereocenters. The van der Waals surface area contributed by atoms with Crippen LogP contribution in [0, 0.1) is 0 Å². The molecule has 0 spiro atoms. The standard InChI is InChI=1S/C27H21BrCl2N2O6/c1-27(2,37)25(36)24-23(31-20(33)9-10-21(34)35)18-12-17(13-3-6-15(29)7-4-13)22(32-26(18)38-24)16-8-5-14(28)11-19(16)30/h3-8,11-12,37H,9-10H2,1-2H3,(H,31,33)(H,34,35). The molecule has 4 aromatic rings. The number of aliphatic hydroxyl groups is 1. The monoisotopic (exact) mass is 618 g/mol. The van der Waals surface area contributed by atoms with E-state index < -0.39 is 29.7 Å². The first-order chi connectivity index (χ1) is 17.8. The molecule has 4 rings (SSSR count). The van der Waals surface area contributed by atoms with Crippen molar-refractivity contribution in [3.05, 3.63) is 68.8 Å². The second kappa shape index (κ2) is 10.9. The molecule has 0 saturated heterocycles. The average Bonchev–Trinajstić information content (AvgIpc) is 3.18. The molecule has 2 aromatic heterocycles. The van der Waals surface area contributed by atoms with Gasteiger partial charge in [-0.15, -0.1) is 0 Å². The number of aliphatic carboxylic acids is 1. The van der Waals surface area contributed by atoms with Crippen LogP contribution in [-0.2, 0) is 9.59 Å². The molecule has 2 aromatic carbocycles. The topological polar surface area (TPSA) is 130 Å². The number of hydrogen-bond acceptors (Lipinski definition) is 6. The Morgan fingerprint density at radius 3 is 2.32 bits per heavy atom. The molecule has 0 aliphatic heterocycles. The molecule has 0 aliphatic rings. The molecule has 196 valence electrons. The molecule has 0 aliphatic carbocycles. The van der Waals surface area contributed by atoms with Gasteiger partial charge in [-0.25, -0.2) is 4.98 Å². The number of pyridine rings is 1. The first-order valence-electron chi connectivity index (χ1n) is 11.3. The van der Waals surface area contributed by atoms with E-state index in [9.17, 15) is 19.5 Å². The Bertz CT molecular complexity index is 1580. The predicted octanol–water partition coefficient (Wildman–Crippen LogP) is 6.99. The normalized spacial score (nSPS) is 11.5. The molecule has 0 fully saturated rings. The Labute approximate surface area is 235 Å². The van der Waals surface area contributed by atoms with Gasteiger partial charge in [-0.1, -0.05) is 57.3 Å². The molecule has 11 heteroatoms. The highest BCUT2D eigenvalue weighted by Crippen LogP contribution is 2.41. The van der Waals surface area contributed by atoms with E-state index in [1.165, 1.54) is 13.8 Å². The fraction of sp³-hybridized carbons (Fsp3) is 0.185. The van der Waals surface area contributed by atoms with Crippen molar-refractivity contribution in [3.8, 4) is 22.4 Å². The number of ketones is 1. The highest BCUT2D eigenvalue weighted by atomic mass is 79.9. The predicted molar refractivity (Wildman–Crippen MR) is 149 cm³/mol. The van der Waals surface area contributed by atoms with Crippen LogP contribution >= 0.6 is 39.1 Å². The summed E-state index contributed by atoms with van der Waals surface area (Å²) >= 11 is 16.1. The summed E-state index contributed by atoms with van der Waals surface area (Å²) in [6, 6.07) is 14.0.